The molecule has 2 aromatic carbocycles. The van der Waals surface area contributed by atoms with Crippen molar-refractivity contribution < 1.29 is 9.53 Å². The van der Waals surface area contributed by atoms with Crippen molar-refractivity contribution in [2.45, 2.75) is 51.4 Å². The summed E-state index contributed by atoms with van der Waals surface area (Å²) in [5.41, 5.74) is 7.34. The Morgan fingerprint density at radius 3 is 2.60 bits per heavy atom. The number of nitrogens with zero attached hydrogens (tertiary/aromatic N) is 9. The van der Waals surface area contributed by atoms with E-state index in [0.717, 1.165) is 18.9 Å². The van der Waals surface area contributed by atoms with Crippen molar-refractivity contribution in [3.63, 3.8) is 0 Å². The molecule has 13 nitrogen and oxygen atoms in total. The molecule has 1 fully saturated rings. The Balaban J connectivity index is 1.16. The van der Waals surface area contributed by atoms with Crippen LogP contribution in [0.1, 0.15) is 38.6 Å². The smallest absolute Gasteiger partial charge is 0.334 e. The van der Waals surface area contributed by atoms with Crippen LogP contribution in [0.4, 0.5) is 5.82 Å². The number of aromatic nitrogens is 6. The predicted octanol–water partition coefficient (Wildman–Crippen LogP) is 4.06. The van der Waals surface area contributed by atoms with Crippen molar-refractivity contribution in [1.29, 1.82) is 5.26 Å². The van der Waals surface area contributed by atoms with Gasteiger partial charge in [-0.05, 0) is 75.2 Å². The third-order valence-corrected chi connectivity index (χ3v) is 9.24. The molecule has 0 radical (unpaired) electrons. The van der Waals surface area contributed by atoms with Crippen LogP contribution in [0.25, 0.3) is 16.7 Å². The molecule has 5 aromatic rings. The zero-order chi connectivity index (χ0) is 33.4. The minimum atomic E-state index is -0.580. The average Bonchev–Trinajstić information content (AvgIpc) is 3.70. The van der Waals surface area contributed by atoms with Gasteiger partial charge in [0.1, 0.15) is 46.6 Å². The molecule has 1 saturated heterocycles. The lowest BCUT2D eigenvalue weighted by Crippen LogP contribution is -2.48. The Morgan fingerprint density at radius 2 is 1.83 bits per heavy atom. The second-order valence-electron chi connectivity index (χ2n) is 12.7. The largest absolute Gasteiger partial charge is 0.457 e. The highest BCUT2D eigenvalue weighted by molar-refractivity contribution is 5.97. The highest BCUT2D eigenvalue weighted by Crippen LogP contribution is 2.31. The van der Waals surface area contributed by atoms with Crippen LogP contribution in [0, 0.1) is 11.3 Å². The molecule has 2 N–H and O–H groups in total. The van der Waals surface area contributed by atoms with Crippen LogP contribution in [0.3, 0.4) is 0 Å². The molecule has 244 valence electrons. The van der Waals surface area contributed by atoms with E-state index in [-0.39, 0.29) is 35.6 Å². The normalized spacial score (nSPS) is 17.2. The van der Waals surface area contributed by atoms with Crippen LogP contribution in [-0.4, -0.2) is 69.8 Å². The molecule has 2 aliphatic heterocycles. The van der Waals surface area contributed by atoms with E-state index in [1.165, 1.54) is 0 Å². The first-order valence-corrected chi connectivity index (χ1v) is 16.0. The number of rotatable bonds is 7. The number of nitrogen functional groups attached to an aromatic ring is 1. The fourth-order valence-corrected chi connectivity index (χ4v) is 6.73. The van der Waals surface area contributed by atoms with Gasteiger partial charge in [0.25, 0.3) is 5.91 Å². The Morgan fingerprint density at radius 1 is 1.06 bits per heavy atom. The topological polar surface area (TPSA) is 153 Å². The van der Waals surface area contributed by atoms with Gasteiger partial charge in [0.05, 0.1) is 23.8 Å². The molecule has 0 saturated carbocycles. The van der Waals surface area contributed by atoms with Crippen LogP contribution >= 0.6 is 0 Å². The summed E-state index contributed by atoms with van der Waals surface area (Å²) in [7, 11) is 0. The van der Waals surface area contributed by atoms with Crippen molar-refractivity contribution in [3.05, 3.63) is 101 Å². The number of fused-ring (bicyclic) bond motifs is 2. The minimum Gasteiger partial charge on any atom is -0.457 e. The maximum absolute atomic E-state index is 14.2. The van der Waals surface area contributed by atoms with Gasteiger partial charge in [0, 0.05) is 37.9 Å². The van der Waals surface area contributed by atoms with Gasteiger partial charge in [-0.15, -0.1) is 10.2 Å². The van der Waals surface area contributed by atoms with E-state index in [1.807, 2.05) is 60.9 Å². The van der Waals surface area contributed by atoms with Crippen molar-refractivity contribution in [1.82, 2.24) is 38.7 Å². The van der Waals surface area contributed by atoms with E-state index in [2.05, 4.69) is 26.2 Å². The molecule has 1 amide bonds. The van der Waals surface area contributed by atoms with Crippen LogP contribution in [0.5, 0.6) is 11.5 Å². The van der Waals surface area contributed by atoms with Gasteiger partial charge in [-0.1, -0.05) is 18.2 Å². The molecule has 0 spiro atoms. The first-order valence-electron chi connectivity index (χ1n) is 16.0. The fourth-order valence-electron chi connectivity index (χ4n) is 6.73. The Kier molecular flexibility index (Phi) is 8.02. The molecule has 1 atom stereocenters. The lowest BCUT2D eigenvalue weighted by atomic mass is 9.96. The second kappa shape index (κ2) is 12.5. The summed E-state index contributed by atoms with van der Waals surface area (Å²) in [6.07, 6.45) is 6.41. The van der Waals surface area contributed by atoms with E-state index >= 15 is 0 Å². The number of carbonyl (C=O) groups is 1. The molecule has 7 rings (SSSR count). The number of anilines is 1. The number of piperidine rings is 1. The van der Waals surface area contributed by atoms with Gasteiger partial charge in [-0.25, -0.2) is 9.78 Å². The molecular formula is C35H36N10O3. The van der Waals surface area contributed by atoms with Crippen LogP contribution in [0.2, 0.25) is 0 Å². The summed E-state index contributed by atoms with van der Waals surface area (Å²) in [6, 6.07) is 20.3. The molecule has 48 heavy (non-hydrogen) atoms. The highest BCUT2D eigenvalue weighted by Gasteiger charge is 2.34. The van der Waals surface area contributed by atoms with Gasteiger partial charge in [0.15, 0.2) is 0 Å². The number of amides is 1. The number of ether oxygens (including phenoxy) is 1. The van der Waals surface area contributed by atoms with E-state index in [9.17, 15) is 14.9 Å². The minimum absolute atomic E-state index is 0.0775. The summed E-state index contributed by atoms with van der Waals surface area (Å²) < 4.78 is 11.2. The van der Waals surface area contributed by atoms with Crippen molar-refractivity contribution >= 4 is 22.8 Å². The maximum atomic E-state index is 14.2. The summed E-state index contributed by atoms with van der Waals surface area (Å²) >= 11 is 0. The quantitative estimate of drug-likeness (QED) is 0.204. The van der Waals surface area contributed by atoms with Crippen molar-refractivity contribution in [2.75, 3.05) is 25.4 Å². The monoisotopic (exact) mass is 644 g/mol. The lowest BCUT2D eigenvalue weighted by molar-refractivity contribution is -0.128. The Hall–Kier alpha value is -5.74. The van der Waals surface area contributed by atoms with Crippen molar-refractivity contribution in [3.8, 4) is 23.3 Å². The Labute approximate surface area is 277 Å². The SMILES string of the molecule is CC(C)(C=C(C#N)C(=O)N1CCCC(n2c(=O)n(-c3ccc(Oc4ccccc4)cc3)c3c(N)nccc32)C1)N1CCn2cnnc2C1. The number of para-hydroxylation sites is 1. The highest BCUT2D eigenvalue weighted by atomic mass is 16.5. The van der Waals surface area contributed by atoms with Gasteiger partial charge in [-0.2, -0.15) is 5.26 Å². The standard InChI is InChI=1S/C35H36N10O3/c1-35(2,43-18-17-42-23-39-40-30(42)22-43)19-24(20-36)33(46)41-16-6-7-26(21-41)44-29-14-15-38-32(37)31(29)45(34(44)47)25-10-12-28(13-11-25)48-27-8-4-3-5-9-27/h3-5,8-15,19,23,26H,6-7,16-18,21-22H2,1-2H3,(H2,37,38). The summed E-state index contributed by atoms with van der Waals surface area (Å²) in [4.78, 5) is 36.3. The molecule has 0 bridgehead atoms. The molecule has 13 heteroatoms. The molecule has 2 aliphatic rings. The molecular weight excluding hydrogens is 608 g/mol. The van der Waals surface area contributed by atoms with E-state index in [4.69, 9.17) is 10.5 Å². The van der Waals surface area contributed by atoms with Crippen molar-refractivity contribution in [2.24, 2.45) is 0 Å². The third-order valence-electron chi connectivity index (χ3n) is 9.24. The van der Waals surface area contributed by atoms with Gasteiger partial charge < -0.3 is 19.9 Å². The zero-order valence-corrected chi connectivity index (χ0v) is 26.9. The fraction of sp³-hybridized carbons (Fsp3) is 0.314. The number of hydrogen-bond donors (Lipinski definition) is 1. The van der Waals surface area contributed by atoms with E-state index in [0.29, 0.717) is 54.2 Å². The van der Waals surface area contributed by atoms with Gasteiger partial charge in [-0.3, -0.25) is 18.8 Å². The average molecular weight is 645 g/mol. The van der Waals surface area contributed by atoms with Crippen LogP contribution < -0.4 is 16.2 Å². The summed E-state index contributed by atoms with van der Waals surface area (Å²) in [5, 5.41) is 18.3. The first-order chi connectivity index (χ1) is 23.2. The van der Waals surface area contributed by atoms with E-state index < -0.39 is 5.54 Å². The van der Waals surface area contributed by atoms with Crippen LogP contribution in [0.15, 0.2) is 89.6 Å². The molecule has 5 heterocycles. The summed E-state index contributed by atoms with van der Waals surface area (Å²) in [5.74, 6) is 2.07. The number of pyridine rings is 1. The number of benzene rings is 2. The number of likely N-dealkylation sites (tertiary alicyclic amines) is 1. The predicted molar refractivity (Wildman–Crippen MR) is 179 cm³/mol. The van der Waals surface area contributed by atoms with Gasteiger partial charge >= 0.3 is 5.69 Å². The second-order valence-corrected chi connectivity index (χ2v) is 12.7. The zero-order valence-electron chi connectivity index (χ0n) is 26.9. The lowest BCUT2D eigenvalue weighted by Gasteiger charge is -2.39. The number of hydrogen-bond acceptors (Lipinski definition) is 9. The number of nitrogens with two attached hydrogens (primary N) is 1. The van der Waals surface area contributed by atoms with E-state index in [1.54, 1.807) is 50.8 Å². The number of imidazole rings is 1. The molecule has 3 aromatic heterocycles. The van der Waals surface area contributed by atoms with Crippen LogP contribution in [-0.2, 0) is 17.9 Å². The molecule has 1 unspecified atom stereocenters. The maximum Gasteiger partial charge on any atom is 0.334 e. The first kappa shape index (κ1) is 30.9. The van der Waals surface area contributed by atoms with Gasteiger partial charge in [0.2, 0.25) is 0 Å². The third kappa shape index (κ3) is 5.71. The summed E-state index contributed by atoms with van der Waals surface area (Å²) in [6.45, 7) is 6.79. The molecule has 0 aliphatic carbocycles. The Bertz CT molecular complexity index is 2100. The number of nitriles is 1. The number of carbonyl (C=O) groups excluding carboxylic acids is 1.